The van der Waals surface area contributed by atoms with Gasteiger partial charge in [-0.2, -0.15) is 4.31 Å². The van der Waals surface area contributed by atoms with Crippen molar-refractivity contribution in [2.75, 3.05) is 26.2 Å². The van der Waals surface area contributed by atoms with Crippen LogP contribution in [0.4, 0.5) is 0 Å². The highest BCUT2D eigenvalue weighted by Gasteiger charge is 2.29. The molecule has 0 aliphatic carbocycles. The monoisotopic (exact) mass is 300 g/mol. The van der Waals surface area contributed by atoms with Gasteiger partial charge in [0.1, 0.15) is 0 Å². The standard InChI is InChI=1S/C12H20N4O3S/c1-3-12(17)15-5-4-6-16(8-7-15)20(18,19)11-9-14(2)10-13-11/h9-10H,3-8H2,1-2H3. The van der Waals surface area contributed by atoms with Crippen LogP contribution in [0.2, 0.25) is 0 Å². The van der Waals surface area contributed by atoms with Gasteiger partial charge < -0.3 is 9.47 Å². The molecule has 7 nitrogen and oxygen atoms in total. The van der Waals surface area contributed by atoms with E-state index in [1.54, 1.807) is 16.5 Å². The average Bonchev–Trinajstić information content (AvgIpc) is 2.72. The summed E-state index contributed by atoms with van der Waals surface area (Å²) in [5, 5.41) is 0.0651. The fourth-order valence-electron chi connectivity index (χ4n) is 2.26. The molecule has 0 bridgehead atoms. The van der Waals surface area contributed by atoms with Gasteiger partial charge in [0, 0.05) is 45.8 Å². The molecule has 2 rings (SSSR count). The Morgan fingerprint density at radius 1 is 1.30 bits per heavy atom. The van der Waals surface area contributed by atoms with Crippen molar-refractivity contribution >= 4 is 15.9 Å². The Morgan fingerprint density at radius 2 is 2.05 bits per heavy atom. The van der Waals surface area contributed by atoms with E-state index < -0.39 is 10.0 Å². The third-order valence-corrected chi connectivity index (χ3v) is 5.18. The van der Waals surface area contributed by atoms with E-state index in [0.717, 1.165) is 0 Å². The van der Waals surface area contributed by atoms with Gasteiger partial charge in [-0.3, -0.25) is 4.79 Å². The first-order valence-corrected chi connectivity index (χ1v) is 8.15. The summed E-state index contributed by atoms with van der Waals surface area (Å²) in [5.41, 5.74) is 0. The fourth-order valence-corrected chi connectivity index (χ4v) is 3.70. The SMILES string of the molecule is CCC(=O)N1CCCN(S(=O)(=O)c2cn(C)cn2)CC1. The zero-order valence-electron chi connectivity index (χ0n) is 11.8. The third kappa shape index (κ3) is 3.01. The summed E-state index contributed by atoms with van der Waals surface area (Å²) < 4.78 is 27.9. The molecule has 2 heterocycles. The number of hydrogen-bond acceptors (Lipinski definition) is 4. The number of rotatable bonds is 3. The number of carbonyl (C=O) groups excluding carboxylic acids is 1. The Morgan fingerprint density at radius 3 is 2.65 bits per heavy atom. The summed E-state index contributed by atoms with van der Waals surface area (Å²) in [5.74, 6) is 0.0714. The molecule has 8 heteroatoms. The van der Waals surface area contributed by atoms with Crippen molar-refractivity contribution in [2.45, 2.75) is 24.8 Å². The largest absolute Gasteiger partial charge is 0.341 e. The summed E-state index contributed by atoms with van der Waals surface area (Å²) in [6.45, 7) is 3.62. The van der Waals surface area contributed by atoms with Gasteiger partial charge >= 0.3 is 0 Å². The number of nitrogens with zero attached hydrogens (tertiary/aromatic N) is 4. The van der Waals surface area contributed by atoms with E-state index in [4.69, 9.17) is 0 Å². The number of amides is 1. The van der Waals surface area contributed by atoms with Crippen LogP contribution < -0.4 is 0 Å². The van der Waals surface area contributed by atoms with E-state index in [0.29, 0.717) is 39.0 Å². The van der Waals surface area contributed by atoms with Crippen LogP contribution in [-0.4, -0.2) is 59.3 Å². The molecule has 0 spiro atoms. The smallest absolute Gasteiger partial charge is 0.262 e. The topological polar surface area (TPSA) is 75.5 Å². The Balaban J connectivity index is 2.12. The molecule has 1 amide bonds. The van der Waals surface area contributed by atoms with E-state index in [9.17, 15) is 13.2 Å². The first kappa shape index (κ1) is 15.0. The molecule has 0 radical (unpaired) electrons. The maximum atomic E-state index is 12.4. The van der Waals surface area contributed by atoms with Gasteiger partial charge in [-0.15, -0.1) is 0 Å². The zero-order chi connectivity index (χ0) is 14.8. The van der Waals surface area contributed by atoms with Crippen LogP contribution in [-0.2, 0) is 21.9 Å². The fraction of sp³-hybridized carbons (Fsp3) is 0.667. The minimum atomic E-state index is -3.56. The average molecular weight is 300 g/mol. The third-order valence-electron chi connectivity index (χ3n) is 3.40. The van der Waals surface area contributed by atoms with E-state index in [1.165, 1.54) is 16.8 Å². The molecular weight excluding hydrogens is 280 g/mol. The van der Waals surface area contributed by atoms with Crippen molar-refractivity contribution < 1.29 is 13.2 Å². The Labute approximate surface area is 119 Å². The number of aryl methyl sites for hydroxylation is 1. The van der Waals surface area contributed by atoms with Crippen molar-refractivity contribution in [2.24, 2.45) is 7.05 Å². The lowest BCUT2D eigenvalue weighted by atomic mass is 10.3. The Hall–Kier alpha value is -1.41. The number of aromatic nitrogens is 2. The highest BCUT2D eigenvalue weighted by molar-refractivity contribution is 7.89. The second-order valence-electron chi connectivity index (χ2n) is 4.87. The second kappa shape index (κ2) is 5.92. The first-order chi connectivity index (χ1) is 9.45. The van der Waals surface area contributed by atoms with Crippen LogP contribution in [0.15, 0.2) is 17.6 Å². The zero-order valence-corrected chi connectivity index (χ0v) is 12.6. The number of carbonyl (C=O) groups is 1. The molecule has 1 aromatic rings. The normalized spacial score (nSPS) is 18.0. The minimum absolute atomic E-state index is 0.0651. The predicted octanol–water partition coefficient (Wildman–Crippen LogP) is 0.0531. The van der Waals surface area contributed by atoms with Gasteiger partial charge in [-0.1, -0.05) is 6.92 Å². The predicted molar refractivity (Wildman–Crippen MR) is 73.5 cm³/mol. The van der Waals surface area contributed by atoms with Crippen LogP contribution in [0.25, 0.3) is 0 Å². The van der Waals surface area contributed by atoms with Crippen molar-refractivity contribution in [3.8, 4) is 0 Å². The molecule has 1 aliphatic rings. The van der Waals surface area contributed by atoms with Gasteiger partial charge in [0.15, 0.2) is 5.03 Å². The van der Waals surface area contributed by atoms with Crippen LogP contribution in [0.5, 0.6) is 0 Å². The van der Waals surface area contributed by atoms with Crippen LogP contribution in [0.3, 0.4) is 0 Å². The van der Waals surface area contributed by atoms with Gasteiger partial charge in [-0.25, -0.2) is 13.4 Å². The number of hydrogen-bond donors (Lipinski definition) is 0. The molecule has 20 heavy (non-hydrogen) atoms. The van der Waals surface area contributed by atoms with Gasteiger partial charge in [0.25, 0.3) is 10.0 Å². The van der Waals surface area contributed by atoms with Crippen molar-refractivity contribution in [3.63, 3.8) is 0 Å². The molecule has 0 aromatic carbocycles. The lowest BCUT2D eigenvalue weighted by Gasteiger charge is -2.20. The molecular formula is C12H20N4O3S. The summed E-state index contributed by atoms with van der Waals surface area (Å²) >= 11 is 0. The quantitative estimate of drug-likeness (QED) is 0.790. The molecule has 0 N–H and O–H groups in total. The van der Waals surface area contributed by atoms with Gasteiger partial charge in [0.2, 0.25) is 5.91 Å². The lowest BCUT2D eigenvalue weighted by Crippen LogP contribution is -2.37. The van der Waals surface area contributed by atoms with Crippen molar-refractivity contribution in [1.82, 2.24) is 18.8 Å². The van der Waals surface area contributed by atoms with Crippen molar-refractivity contribution in [3.05, 3.63) is 12.5 Å². The maximum absolute atomic E-state index is 12.4. The summed E-state index contributed by atoms with van der Waals surface area (Å²) in [4.78, 5) is 17.3. The van der Waals surface area contributed by atoms with E-state index in [1.807, 2.05) is 6.92 Å². The molecule has 1 aromatic heterocycles. The van der Waals surface area contributed by atoms with Gasteiger partial charge in [0.05, 0.1) is 6.33 Å². The highest BCUT2D eigenvalue weighted by atomic mass is 32.2. The summed E-state index contributed by atoms with van der Waals surface area (Å²) in [6, 6.07) is 0. The summed E-state index contributed by atoms with van der Waals surface area (Å²) in [6.07, 6.45) is 4.07. The van der Waals surface area contributed by atoms with E-state index >= 15 is 0 Å². The molecule has 0 atom stereocenters. The maximum Gasteiger partial charge on any atom is 0.262 e. The molecule has 0 unspecified atom stereocenters. The minimum Gasteiger partial charge on any atom is -0.341 e. The first-order valence-electron chi connectivity index (χ1n) is 6.71. The number of imidazole rings is 1. The van der Waals surface area contributed by atoms with Crippen molar-refractivity contribution in [1.29, 1.82) is 0 Å². The second-order valence-corrected chi connectivity index (χ2v) is 6.75. The lowest BCUT2D eigenvalue weighted by molar-refractivity contribution is -0.130. The van der Waals surface area contributed by atoms with Crippen LogP contribution in [0, 0.1) is 0 Å². The Bertz CT molecular complexity index is 581. The Kier molecular flexibility index (Phi) is 4.44. The highest BCUT2D eigenvalue weighted by Crippen LogP contribution is 2.16. The molecule has 1 fully saturated rings. The molecule has 112 valence electrons. The number of sulfonamides is 1. The van der Waals surface area contributed by atoms with Crippen LogP contribution in [0.1, 0.15) is 19.8 Å². The van der Waals surface area contributed by atoms with Crippen LogP contribution >= 0.6 is 0 Å². The molecule has 0 saturated carbocycles. The molecule has 1 aliphatic heterocycles. The van der Waals surface area contributed by atoms with E-state index in [-0.39, 0.29) is 10.9 Å². The van der Waals surface area contributed by atoms with Gasteiger partial charge in [-0.05, 0) is 6.42 Å². The summed E-state index contributed by atoms with van der Waals surface area (Å²) in [7, 11) is -1.82. The molecule has 1 saturated heterocycles. The van der Waals surface area contributed by atoms with E-state index in [2.05, 4.69) is 4.98 Å².